The standard InChI is InChI=1S/C21H30N2O4.C13H24N2O2/c1-21(2,3)27-19(24)22(4)18-12-16-10-11-17(13-18)23(16)20(25)26-14-15-8-6-5-7-9-15;1-13(2,3)17-12(16)15(4)11-7-9-5-6-10(8-11)14-9/h5-9,16-18H,10-14H2,1-4H3;9-11,14H,5-8H2,1-4H3/t16-,17+,18?;9-,10+,11?. The van der Waals surface area contributed by atoms with E-state index < -0.39 is 11.2 Å². The Kier molecular flexibility index (Phi) is 10.7. The fourth-order valence-electron chi connectivity index (χ4n) is 6.87. The van der Waals surface area contributed by atoms with Gasteiger partial charge in [-0.1, -0.05) is 30.3 Å². The highest BCUT2D eigenvalue weighted by atomic mass is 16.6. The molecule has 0 spiro atoms. The summed E-state index contributed by atoms with van der Waals surface area (Å²) in [6.45, 7) is 11.6. The Balaban J connectivity index is 0.000000223. The number of ether oxygens (including phenoxy) is 3. The predicted octanol–water partition coefficient (Wildman–Crippen LogP) is 6.32. The molecular formula is C34H54N4O6. The average molecular weight is 615 g/mol. The van der Waals surface area contributed by atoms with Gasteiger partial charge in [-0.15, -0.1) is 0 Å². The van der Waals surface area contributed by atoms with Crippen molar-refractivity contribution in [2.24, 2.45) is 0 Å². The molecular weight excluding hydrogens is 560 g/mol. The van der Waals surface area contributed by atoms with Gasteiger partial charge < -0.3 is 34.2 Å². The summed E-state index contributed by atoms with van der Waals surface area (Å²) in [4.78, 5) is 42.3. The molecule has 6 atom stereocenters. The lowest BCUT2D eigenvalue weighted by Crippen LogP contribution is -2.53. The van der Waals surface area contributed by atoms with E-state index >= 15 is 0 Å². The topological polar surface area (TPSA) is 101 Å². The summed E-state index contributed by atoms with van der Waals surface area (Å²) >= 11 is 0. The fraction of sp³-hybridized carbons (Fsp3) is 0.735. The molecule has 3 amide bonds. The van der Waals surface area contributed by atoms with Crippen molar-refractivity contribution in [2.45, 2.75) is 147 Å². The van der Waals surface area contributed by atoms with Crippen LogP contribution in [0.4, 0.5) is 14.4 Å². The molecule has 0 aliphatic carbocycles. The van der Waals surface area contributed by atoms with Crippen LogP contribution in [0.5, 0.6) is 0 Å². The van der Waals surface area contributed by atoms with Gasteiger partial charge in [-0.3, -0.25) is 0 Å². The second kappa shape index (κ2) is 14.0. The number of hydrogen-bond donors (Lipinski definition) is 1. The van der Waals surface area contributed by atoms with Gasteiger partial charge in [0.15, 0.2) is 0 Å². The van der Waals surface area contributed by atoms with Crippen molar-refractivity contribution < 1.29 is 28.6 Å². The van der Waals surface area contributed by atoms with Gasteiger partial charge >= 0.3 is 18.3 Å². The van der Waals surface area contributed by atoms with E-state index in [4.69, 9.17) is 14.2 Å². The van der Waals surface area contributed by atoms with Crippen molar-refractivity contribution in [1.29, 1.82) is 0 Å². The van der Waals surface area contributed by atoms with Crippen LogP contribution in [-0.2, 0) is 20.8 Å². The SMILES string of the molecule is CN(C(=O)OC(C)(C)C)C1C[C@H]2CC[C@@H](C1)N2.CN(C(=O)OC(C)(C)C)C1C[C@H]2CC[C@@H](C1)N2C(=O)OCc1ccccc1. The van der Waals surface area contributed by atoms with Crippen molar-refractivity contribution in [1.82, 2.24) is 20.0 Å². The minimum atomic E-state index is -0.508. The lowest BCUT2D eigenvalue weighted by atomic mass is 9.97. The number of piperidine rings is 2. The fourth-order valence-corrected chi connectivity index (χ4v) is 6.87. The highest BCUT2D eigenvalue weighted by molar-refractivity contribution is 5.70. The van der Waals surface area contributed by atoms with Crippen LogP contribution in [0.15, 0.2) is 30.3 Å². The van der Waals surface area contributed by atoms with Crippen molar-refractivity contribution >= 4 is 18.3 Å². The van der Waals surface area contributed by atoms with E-state index in [9.17, 15) is 14.4 Å². The van der Waals surface area contributed by atoms with Gasteiger partial charge in [-0.05, 0) is 98.5 Å². The molecule has 44 heavy (non-hydrogen) atoms. The summed E-state index contributed by atoms with van der Waals surface area (Å²) in [6, 6.07) is 11.6. The molecule has 4 fully saturated rings. The summed E-state index contributed by atoms with van der Waals surface area (Å²) in [5, 5.41) is 3.58. The summed E-state index contributed by atoms with van der Waals surface area (Å²) in [5.41, 5.74) is 0.0708. The first-order chi connectivity index (χ1) is 20.6. The Labute approximate surface area is 263 Å². The number of benzene rings is 1. The molecule has 1 aromatic carbocycles. The van der Waals surface area contributed by atoms with E-state index in [1.165, 1.54) is 12.8 Å². The normalized spacial score (nSPS) is 27.5. The van der Waals surface area contributed by atoms with Crippen LogP contribution in [0.1, 0.15) is 98.5 Å². The smallest absolute Gasteiger partial charge is 0.410 e. The molecule has 4 heterocycles. The van der Waals surface area contributed by atoms with Crippen LogP contribution in [0.3, 0.4) is 0 Å². The molecule has 0 radical (unpaired) electrons. The second-order valence-corrected chi connectivity index (χ2v) is 14.9. The monoisotopic (exact) mass is 614 g/mol. The highest BCUT2D eigenvalue weighted by Crippen LogP contribution is 2.38. The van der Waals surface area contributed by atoms with Crippen LogP contribution in [-0.4, -0.2) is 94.5 Å². The Morgan fingerprint density at radius 3 is 1.66 bits per heavy atom. The summed E-state index contributed by atoms with van der Waals surface area (Å²) in [5.74, 6) is 0. The van der Waals surface area contributed by atoms with E-state index in [0.29, 0.717) is 18.1 Å². The molecule has 0 aromatic heterocycles. The molecule has 246 valence electrons. The Morgan fingerprint density at radius 2 is 1.20 bits per heavy atom. The lowest BCUT2D eigenvalue weighted by Gasteiger charge is -2.41. The molecule has 4 aliphatic rings. The zero-order valence-corrected chi connectivity index (χ0v) is 28.0. The second-order valence-electron chi connectivity index (χ2n) is 14.9. The van der Waals surface area contributed by atoms with Crippen LogP contribution >= 0.6 is 0 Å². The maximum Gasteiger partial charge on any atom is 0.410 e. The highest BCUT2D eigenvalue weighted by Gasteiger charge is 2.46. The van der Waals surface area contributed by atoms with Crippen molar-refractivity contribution in [3.8, 4) is 0 Å². The first kappa shape index (κ1) is 33.9. The first-order valence-electron chi connectivity index (χ1n) is 16.3. The molecule has 4 bridgehead atoms. The molecule has 2 unspecified atom stereocenters. The third kappa shape index (κ3) is 9.25. The molecule has 0 saturated carbocycles. The van der Waals surface area contributed by atoms with E-state index in [1.54, 1.807) is 16.8 Å². The van der Waals surface area contributed by atoms with E-state index in [1.807, 2.05) is 83.8 Å². The molecule has 5 rings (SSSR count). The zero-order valence-electron chi connectivity index (χ0n) is 28.0. The zero-order chi connectivity index (χ0) is 32.2. The first-order valence-corrected chi connectivity index (χ1v) is 16.3. The van der Waals surface area contributed by atoms with E-state index in [2.05, 4.69) is 5.32 Å². The number of hydrogen-bond acceptors (Lipinski definition) is 7. The molecule has 4 saturated heterocycles. The Hall–Kier alpha value is -3.01. The van der Waals surface area contributed by atoms with Gasteiger partial charge in [-0.25, -0.2) is 14.4 Å². The molecule has 10 nitrogen and oxygen atoms in total. The van der Waals surface area contributed by atoms with Gasteiger partial charge in [0, 0.05) is 50.3 Å². The average Bonchev–Trinajstić information content (AvgIpc) is 3.42. The minimum absolute atomic E-state index is 0.0931. The van der Waals surface area contributed by atoms with Crippen LogP contribution in [0.2, 0.25) is 0 Å². The van der Waals surface area contributed by atoms with Crippen molar-refractivity contribution in [3.05, 3.63) is 35.9 Å². The number of carbonyl (C=O) groups is 3. The minimum Gasteiger partial charge on any atom is -0.445 e. The third-order valence-corrected chi connectivity index (χ3v) is 9.03. The number of fused-ring (bicyclic) bond motifs is 4. The van der Waals surface area contributed by atoms with Crippen LogP contribution in [0, 0.1) is 0 Å². The van der Waals surface area contributed by atoms with Gasteiger partial charge in [0.05, 0.1) is 0 Å². The van der Waals surface area contributed by atoms with Gasteiger partial charge in [0.2, 0.25) is 0 Å². The number of carbonyl (C=O) groups excluding carboxylic acids is 3. The maximum absolute atomic E-state index is 12.6. The predicted molar refractivity (Wildman–Crippen MR) is 169 cm³/mol. The van der Waals surface area contributed by atoms with E-state index in [-0.39, 0.29) is 43.0 Å². The van der Waals surface area contributed by atoms with Crippen LogP contribution in [0.25, 0.3) is 0 Å². The Morgan fingerprint density at radius 1 is 0.750 bits per heavy atom. The summed E-state index contributed by atoms with van der Waals surface area (Å²) in [6.07, 6.45) is 7.36. The van der Waals surface area contributed by atoms with Gasteiger partial charge in [-0.2, -0.15) is 0 Å². The quantitative estimate of drug-likeness (QED) is 0.396. The molecule has 1 aromatic rings. The van der Waals surface area contributed by atoms with E-state index in [0.717, 1.165) is 44.1 Å². The van der Waals surface area contributed by atoms with Gasteiger partial charge in [0.25, 0.3) is 0 Å². The molecule has 1 N–H and O–H groups in total. The molecule has 10 heteroatoms. The Bertz CT molecular complexity index is 1110. The number of amides is 3. The van der Waals surface area contributed by atoms with Crippen molar-refractivity contribution in [2.75, 3.05) is 14.1 Å². The van der Waals surface area contributed by atoms with Gasteiger partial charge in [0.1, 0.15) is 17.8 Å². The summed E-state index contributed by atoms with van der Waals surface area (Å²) in [7, 11) is 3.66. The number of nitrogens with one attached hydrogen (secondary N) is 1. The summed E-state index contributed by atoms with van der Waals surface area (Å²) < 4.78 is 16.4. The maximum atomic E-state index is 12.6. The van der Waals surface area contributed by atoms with Crippen LogP contribution < -0.4 is 5.32 Å². The number of nitrogens with zero attached hydrogens (tertiary/aromatic N) is 3. The molecule has 4 aliphatic heterocycles. The van der Waals surface area contributed by atoms with Crippen molar-refractivity contribution in [3.63, 3.8) is 0 Å². The number of rotatable bonds is 4. The largest absolute Gasteiger partial charge is 0.445 e. The third-order valence-electron chi connectivity index (χ3n) is 9.03. The lowest BCUT2D eigenvalue weighted by molar-refractivity contribution is 0.00610.